The Morgan fingerprint density at radius 1 is 1.09 bits per heavy atom. The van der Waals surface area contributed by atoms with Crippen molar-refractivity contribution >= 4 is 22.4 Å². The van der Waals surface area contributed by atoms with Crippen LogP contribution < -0.4 is 15.2 Å². The lowest BCUT2D eigenvalue weighted by Gasteiger charge is -2.30. The second-order valence-electron chi connectivity index (χ2n) is 8.55. The fraction of sp³-hybridized carbons (Fsp3) is 0.259. The van der Waals surface area contributed by atoms with Crippen LogP contribution in [0.15, 0.2) is 71.7 Å². The van der Waals surface area contributed by atoms with Gasteiger partial charge in [0, 0.05) is 43.5 Å². The topological polar surface area (TPSA) is 90.7 Å². The number of morpholine rings is 1. The molecule has 2 aromatic carbocycles. The van der Waals surface area contributed by atoms with Gasteiger partial charge in [-0.25, -0.2) is 0 Å². The number of hydrogen-bond acceptors (Lipinski definition) is 5. The van der Waals surface area contributed by atoms with Gasteiger partial charge in [-0.3, -0.25) is 14.5 Å². The Balaban J connectivity index is 1.51. The molecule has 180 valence electrons. The summed E-state index contributed by atoms with van der Waals surface area (Å²) in [6, 6.07) is 18.7. The van der Waals surface area contributed by atoms with Gasteiger partial charge in [-0.15, -0.1) is 0 Å². The van der Waals surface area contributed by atoms with Gasteiger partial charge in [0.15, 0.2) is 5.75 Å². The molecule has 1 saturated heterocycles. The first-order valence-electron chi connectivity index (χ1n) is 11.7. The van der Waals surface area contributed by atoms with Crippen LogP contribution >= 0.6 is 0 Å². The maximum atomic E-state index is 13.9. The van der Waals surface area contributed by atoms with Crippen molar-refractivity contribution in [2.45, 2.75) is 6.92 Å². The SMILES string of the molecule is Cc1[nH]cc2cc(C(=O)N(CCN3CCOCC3)c3ccccc3Oc3ccccc3)[nH]c(=O)c12. The highest BCUT2D eigenvalue weighted by atomic mass is 16.5. The Labute approximate surface area is 203 Å². The first-order chi connectivity index (χ1) is 17.1. The second-order valence-corrected chi connectivity index (χ2v) is 8.55. The van der Waals surface area contributed by atoms with E-state index >= 15 is 0 Å². The molecule has 0 aliphatic carbocycles. The minimum Gasteiger partial charge on any atom is -0.455 e. The van der Waals surface area contributed by atoms with Crippen LogP contribution in [0.25, 0.3) is 10.8 Å². The number of carbonyl (C=O) groups is 1. The van der Waals surface area contributed by atoms with E-state index in [2.05, 4.69) is 14.9 Å². The van der Waals surface area contributed by atoms with Crippen LogP contribution in [0, 0.1) is 6.92 Å². The third-order valence-electron chi connectivity index (χ3n) is 6.23. The highest BCUT2D eigenvalue weighted by Crippen LogP contribution is 2.33. The Morgan fingerprint density at radius 3 is 2.63 bits per heavy atom. The number of ether oxygens (including phenoxy) is 2. The van der Waals surface area contributed by atoms with Gasteiger partial charge in [-0.05, 0) is 37.3 Å². The summed E-state index contributed by atoms with van der Waals surface area (Å²) in [6.45, 7) is 5.93. The molecule has 1 fully saturated rings. The van der Waals surface area contributed by atoms with E-state index in [1.807, 2.05) is 61.5 Å². The van der Waals surface area contributed by atoms with E-state index in [4.69, 9.17) is 9.47 Å². The number of aromatic nitrogens is 2. The van der Waals surface area contributed by atoms with Crippen molar-refractivity contribution in [1.82, 2.24) is 14.9 Å². The molecule has 5 rings (SSSR count). The van der Waals surface area contributed by atoms with Crippen molar-refractivity contribution in [3.63, 3.8) is 0 Å². The van der Waals surface area contributed by atoms with Crippen LogP contribution in [-0.4, -0.2) is 60.2 Å². The number of para-hydroxylation sites is 3. The number of aryl methyl sites for hydroxylation is 1. The quantitative estimate of drug-likeness (QED) is 0.425. The number of fused-ring (bicyclic) bond motifs is 1. The summed E-state index contributed by atoms with van der Waals surface area (Å²) >= 11 is 0. The molecule has 0 spiro atoms. The van der Waals surface area contributed by atoms with E-state index < -0.39 is 0 Å². The summed E-state index contributed by atoms with van der Waals surface area (Å²) in [7, 11) is 0. The van der Waals surface area contributed by atoms with Gasteiger partial charge in [0.25, 0.3) is 11.5 Å². The maximum absolute atomic E-state index is 13.9. The van der Waals surface area contributed by atoms with Crippen molar-refractivity contribution in [1.29, 1.82) is 0 Å². The largest absolute Gasteiger partial charge is 0.455 e. The summed E-state index contributed by atoms with van der Waals surface area (Å²) in [5, 5.41) is 1.27. The summed E-state index contributed by atoms with van der Waals surface area (Å²) in [6.07, 6.45) is 1.75. The minimum atomic E-state index is -0.291. The zero-order valence-electron chi connectivity index (χ0n) is 19.6. The first kappa shape index (κ1) is 22.9. The highest BCUT2D eigenvalue weighted by Gasteiger charge is 2.24. The van der Waals surface area contributed by atoms with Crippen LogP contribution in [0.3, 0.4) is 0 Å². The number of aromatic amines is 2. The number of hydrogen-bond donors (Lipinski definition) is 2. The number of carbonyl (C=O) groups excluding carboxylic acids is 1. The third kappa shape index (κ3) is 4.99. The number of amides is 1. The fourth-order valence-electron chi connectivity index (χ4n) is 4.38. The molecule has 1 aliphatic heterocycles. The number of H-pyrrole nitrogens is 2. The zero-order chi connectivity index (χ0) is 24.2. The molecule has 3 heterocycles. The van der Waals surface area contributed by atoms with Crippen LogP contribution in [0.5, 0.6) is 11.5 Å². The molecule has 2 N–H and O–H groups in total. The molecule has 8 heteroatoms. The molecule has 4 aromatic rings. The Morgan fingerprint density at radius 2 is 1.83 bits per heavy atom. The Kier molecular flexibility index (Phi) is 6.65. The Bertz CT molecular complexity index is 1370. The van der Waals surface area contributed by atoms with Crippen LogP contribution in [-0.2, 0) is 4.74 Å². The molecular weight excluding hydrogens is 444 g/mol. The maximum Gasteiger partial charge on any atom is 0.274 e. The van der Waals surface area contributed by atoms with Gasteiger partial charge in [-0.1, -0.05) is 30.3 Å². The predicted molar refractivity (Wildman–Crippen MR) is 136 cm³/mol. The van der Waals surface area contributed by atoms with Crippen molar-refractivity contribution in [3.05, 3.63) is 88.6 Å². The predicted octanol–water partition coefficient (Wildman–Crippen LogP) is 3.94. The van der Waals surface area contributed by atoms with Gasteiger partial charge in [0.1, 0.15) is 11.4 Å². The molecule has 0 radical (unpaired) electrons. The lowest BCUT2D eigenvalue weighted by Crippen LogP contribution is -2.43. The average Bonchev–Trinajstić information content (AvgIpc) is 3.27. The number of benzene rings is 2. The molecule has 1 amide bonds. The van der Waals surface area contributed by atoms with Gasteiger partial charge in [0.2, 0.25) is 0 Å². The monoisotopic (exact) mass is 472 g/mol. The molecule has 0 saturated carbocycles. The van der Waals surface area contributed by atoms with Crippen molar-refractivity contribution < 1.29 is 14.3 Å². The smallest absolute Gasteiger partial charge is 0.274 e. The van der Waals surface area contributed by atoms with E-state index in [9.17, 15) is 9.59 Å². The van der Waals surface area contributed by atoms with Crippen molar-refractivity contribution in [2.75, 3.05) is 44.3 Å². The number of anilines is 1. The minimum absolute atomic E-state index is 0.234. The fourth-order valence-corrected chi connectivity index (χ4v) is 4.38. The lowest BCUT2D eigenvalue weighted by molar-refractivity contribution is 0.0391. The Hall–Kier alpha value is -3.88. The number of rotatable bonds is 7. The van der Waals surface area contributed by atoms with Crippen LogP contribution in [0.1, 0.15) is 16.2 Å². The molecule has 0 bridgehead atoms. The van der Waals surface area contributed by atoms with Gasteiger partial charge in [0.05, 0.1) is 24.3 Å². The van der Waals surface area contributed by atoms with E-state index in [-0.39, 0.29) is 17.2 Å². The summed E-state index contributed by atoms with van der Waals surface area (Å²) in [4.78, 5) is 36.5. The van der Waals surface area contributed by atoms with Gasteiger partial charge in [-0.2, -0.15) is 0 Å². The molecule has 2 aromatic heterocycles. The average molecular weight is 473 g/mol. The van der Waals surface area contributed by atoms with Crippen molar-refractivity contribution in [3.8, 4) is 11.5 Å². The standard InChI is InChI=1S/C27H28N4O4/c1-19-25-20(18-28-19)17-22(29-26(25)32)27(33)31(12-11-30-13-15-34-16-14-30)23-9-5-6-10-24(23)35-21-7-3-2-4-8-21/h2-10,17-18,28H,11-16H2,1H3,(H,29,32). The summed E-state index contributed by atoms with van der Waals surface area (Å²) in [5.74, 6) is 0.952. The highest BCUT2D eigenvalue weighted by molar-refractivity contribution is 6.07. The molecule has 0 unspecified atom stereocenters. The third-order valence-corrected chi connectivity index (χ3v) is 6.23. The van der Waals surface area contributed by atoms with Crippen LogP contribution in [0.2, 0.25) is 0 Å². The van der Waals surface area contributed by atoms with E-state index in [0.29, 0.717) is 54.3 Å². The summed E-state index contributed by atoms with van der Waals surface area (Å²) < 4.78 is 11.6. The number of nitrogens with zero attached hydrogens (tertiary/aromatic N) is 2. The number of nitrogens with one attached hydrogen (secondary N) is 2. The van der Waals surface area contributed by atoms with Crippen LogP contribution in [0.4, 0.5) is 5.69 Å². The lowest BCUT2D eigenvalue weighted by atomic mass is 10.2. The first-order valence-corrected chi connectivity index (χ1v) is 11.7. The molecule has 35 heavy (non-hydrogen) atoms. The molecule has 8 nitrogen and oxygen atoms in total. The van der Waals surface area contributed by atoms with E-state index in [1.165, 1.54) is 0 Å². The second kappa shape index (κ2) is 10.2. The summed E-state index contributed by atoms with van der Waals surface area (Å²) in [5.41, 5.74) is 1.36. The van der Waals surface area contributed by atoms with E-state index in [1.54, 1.807) is 17.2 Å². The molecule has 1 aliphatic rings. The van der Waals surface area contributed by atoms with Crippen molar-refractivity contribution in [2.24, 2.45) is 0 Å². The normalized spacial score (nSPS) is 14.2. The molecular formula is C27H28N4O4. The zero-order valence-corrected chi connectivity index (χ0v) is 19.6. The van der Waals surface area contributed by atoms with Gasteiger partial charge >= 0.3 is 0 Å². The van der Waals surface area contributed by atoms with Gasteiger partial charge < -0.3 is 24.3 Å². The van der Waals surface area contributed by atoms with E-state index in [0.717, 1.165) is 18.8 Å². The number of pyridine rings is 1. The molecule has 0 atom stereocenters.